The van der Waals surface area contributed by atoms with Crippen molar-refractivity contribution in [2.45, 2.75) is 69.4 Å². The number of carbonyl (C=O) groups is 2. The van der Waals surface area contributed by atoms with Crippen molar-refractivity contribution in [1.29, 1.82) is 0 Å². The van der Waals surface area contributed by atoms with E-state index in [-0.39, 0.29) is 18.1 Å². The highest BCUT2D eigenvalue weighted by Gasteiger charge is 2.44. The number of hydrogen-bond acceptors (Lipinski definition) is 5. The lowest BCUT2D eigenvalue weighted by Crippen LogP contribution is -2.55. The molecule has 2 saturated heterocycles. The third-order valence-electron chi connectivity index (χ3n) is 6.52. The molecule has 2 amide bonds. The minimum absolute atomic E-state index is 0.115. The second-order valence-electron chi connectivity index (χ2n) is 9.45. The van der Waals surface area contributed by atoms with Crippen molar-refractivity contribution in [2.75, 3.05) is 4.90 Å². The van der Waals surface area contributed by atoms with Crippen LogP contribution in [0.25, 0.3) is 0 Å². The van der Waals surface area contributed by atoms with Crippen LogP contribution in [0.4, 0.5) is 23.4 Å². The van der Waals surface area contributed by atoms with Gasteiger partial charge in [0, 0.05) is 24.3 Å². The summed E-state index contributed by atoms with van der Waals surface area (Å²) in [6.07, 6.45) is -0.333. The van der Waals surface area contributed by atoms with Crippen LogP contribution in [0.15, 0.2) is 36.5 Å². The molecule has 7 nitrogen and oxygen atoms in total. The van der Waals surface area contributed by atoms with Gasteiger partial charge in [-0.1, -0.05) is 0 Å². The second-order valence-corrected chi connectivity index (χ2v) is 9.45. The van der Waals surface area contributed by atoms with Crippen molar-refractivity contribution in [3.8, 4) is 5.75 Å². The van der Waals surface area contributed by atoms with Crippen molar-refractivity contribution in [3.63, 3.8) is 0 Å². The molecule has 3 heterocycles. The van der Waals surface area contributed by atoms with E-state index >= 15 is 0 Å². The van der Waals surface area contributed by atoms with Gasteiger partial charge in [0.05, 0.1) is 5.56 Å². The van der Waals surface area contributed by atoms with Gasteiger partial charge < -0.3 is 20.7 Å². The van der Waals surface area contributed by atoms with Crippen molar-refractivity contribution in [3.05, 3.63) is 53.5 Å². The summed E-state index contributed by atoms with van der Waals surface area (Å²) < 4.78 is 58.8. The Morgan fingerprint density at radius 1 is 1.11 bits per heavy atom. The van der Waals surface area contributed by atoms with Crippen LogP contribution in [0, 0.1) is 5.82 Å². The molecule has 4 rings (SSSR count). The standard InChI is InChI=1S/C24H26F4N4O3/c1-23(2,35-19-7-4-14(25)9-18(19)24(26,27)28)22(34)31-15-10-16-5-6-17(11-15)32(16)20-8-3-13(12-30-20)21(29)33/h3-4,7-9,12,15-17H,5-6,10-11H2,1-2H3,(H2,29,33)(H,31,34)/t15?,16-,17+. The fraction of sp³-hybridized carbons (Fsp3) is 0.458. The van der Waals surface area contributed by atoms with Gasteiger partial charge in [0.1, 0.15) is 22.9 Å². The molecular weight excluding hydrogens is 468 g/mol. The topological polar surface area (TPSA) is 97.5 Å². The van der Waals surface area contributed by atoms with E-state index in [1.54, 1.807) is 12.1 Å². The quantitative estimate of drug-likeness (QED) is 0.596. The predicted octanol–water partition coefficient (Wildman–Crippen LogP) is 3.81. The number of hydrogen-bond donors (Lipinski definition) is 2. The maximum atomic E-state index is 13.4. The van der Waals surface area contributed by atoms with Gasteiger partial charge in [-0.25, -0.2) is 9.37 Å². The van der Waals surface area contributed by atoms with Gasteiger partial charge in [-0.05, 0) is 69.9 Å². The molecule has 35 heavy (non-hydrogen) atoms. The van der Waals surface area contributed by atoms with Crippen LogP contribution in [-0.2, 0) is 11.0 Å². The molecule has 1 aromatic carbocycles. The first-order valence-corrected chi connectivity index (χ1v) is 11.3. The molecular formula is C24H26F4N4O3. The van der Waals surface area contributed by atoms with Gasteiger partial charge in [-0.3, -0.25) is 9.59 Å². The molecule has 0 saturated carbocycles. The fourth-order valence-corrected chi connectivity index (χ4v) is 4.85. The Bertz CT molecular complexity index is 1110. The van der Waals surface area contributed by atoms with Gasteiger partial charge in [-0.15, -0.1) is 0 Å². The Labute approximate surface area is 199 Å². The summed E-state index contributed by atoms with van der Waals surface area (Å²) in [6, 6.07) is 5.50. The molecule has 2 aliphatic heterocycles. The average molecular weight is 494 g/mol. The number of fused-ring (bicyclic) bond motifs is 2. The van der Waals surface area contributed by atoms with Crippen LogP contribution in [0.3, 0.4) is 0 Å². The van der Waals surface area contributed by atoms with E-state index in [1.165, 1.54) is 20.0 Å². The Hall–Kier alpha value is -3.37. The Morgan fingerprint density at radius 2 is 1.77 bits per heavy atom. The average Bonchev–Trinajstić information content (AvgIpc) is 3.04. The minimum Gasteiger partial charge on any atom is -0.477 e. The highest BCUT2D eigenvalue weighted by Crippen LogP contribution is 2.40. The number of benzene rings is 1. The number of nitrogens with two attached hydrogens (primary N) is 1. The largest absolute Gasteiger partial charge is 0.477 e. The van der Waals surface area contributed by atoms with Gasteiger partial charge in [0.25, 0.3) is 5.91 Å². The highest BCUT2D eigenvalue weighted by atomic mass is 19.4. The summed E-state index contributed by atoms with van der Waals surface area (Å²) >= 11 is 0. The molecule has 3 N–H and O–H groups in total. The van der Waals surface area contributed by atoms with Crippen LogP contribution < -0.4 is 20.7 Å². The Morgan fingerprint density at radius 3 is 2.31 bits per heavy atom. The minimum atomic E-state index is -4.83. The maximum Gasteiger partial charge on any atom is 0.420 e. The molecule has 2 aromatic rings. The molecule has 2 aliphatic rings. The molecule has 0 aliphatic carbocycles. The summed E-state index contributed by atoms with van der Waals surface area (Å²) in [5.41, 5.74) is 2.69. The maximum absolute atomic E-state index is 13.4. The normalized spacial score (nSPS) is 22.1. The Kier molecular flexibility index (Phi) is 6.37. The SMILES string of the molecule is CC(C)(Oc1ccc(F)cc1C(F)(F)F)C(=O)NC1C[C@H]2CC[C@@H](C1)N2c1ccc(C(N)=O)cn1. The molecule has 2 fully saturated rings. The van der Waals surface area contributed by atoms with E-state index < -0.39 is 40.7 Å². The van der Waals surface area contributed by atoms with Crippen LogP contribution in [-0.4, -0.2) is 40.5 Å². The van der Waals surface area contributed by atoms with Crippen LogP contribution in [0.1, 0.15) is 55.5 Å². The van der Waals surface area contributed by atoms with Crippen molar-refractivity contribution in [2.24, 2.45) is 5.73 Å². The zero-order chi connectivity index (χ0) is 25.5. The lowest BCUT2D eigenvalue weighted by Gasteiger charge is -2.41. The lowest BCUT2D eigenvalue weighted by atomic mass is 9.96. The smallest absolute Gasteiger partial charge is 0.420 e. The highest BCUT2D eigenvalue weighted by molar-refractivity contribution is 5.92. The molecule has 11 heteroatoms. The summed E-state index contributed by atoms with van der Waals surface area (Å²) in [4.78, 5) is 30.8. The number of halogens is 4. The summed E-state index contributed by atoms with van der Waals surface area (Å²) in [6.45, 7) is 2.75. The third-order valence-corrected chi connectivity index (χ3v) is 6.52. The third kappa shape index (κ3) is 5.18. The summed E-state index contributed by atoms with van der Waals surface area (Å²) in [5, 5.41) is 2.92. The van der Waals surface area contributed by atoms with E-state index in [2.05, 4.69) is 15.2 Å². The van der Waals surface area contributed by atoms with Crippen LogP contribution in [0.2, 0.25) is 0 Å². The van der Waals surface area contributed by atoms with Crippen molar-refractivity contribution < 1.29 is 31.9 Å². The number of rotatable bonds is 6. The van der Waals surface area contributed by atoms with Crippen LogP contribution >= 0.6 is 0 Å². The van der Waals surface area contributed by atoms with Crippen molar-refractivity contribution >= 4 is 17.6 Å². The van der Waals surface area contributed by atoms with Gasteiger partial charge >= 0.3 is 6.18 Å². The van der Waals surface area contributed by atoms with E-state index in [9.17, 15) is 27.2 Å². The van der Waals surface area contributed by atoms with E-state index in [4.69, 9.17) is 10.5 Å². The lowest BCUT2D eigenvalue weighted by molar-refractivity contribution is -0.144. The number of pyridine rings is 1. The summed E-state index contributed by atoms with van der Waals surface area (Å²) in [5.74, 6) is -2.04. The van der Waals surface area contributed by atoms with Crippen LogP contribution in [0.5, 0.6) is 5.75 Å². The van der Waals surface area contributed by atoms with Crippen molar-refractivity contribution in [1.82, 2.24) is 10.3 Å². The zero-order valence-electron chi connectivity index (χ0n) is 19.2. The first-order chi connectivity index (χ1) is 16.3. The number of aromatic nitrogens is 1. The monoisotopic (exact) mass is 494 g/mol. The molecule has 0 radical (unpaired) electrons. The summed E-state index contributed by atoms with van der Waals surface area (Å²) in [7, 11) is 0. The van der Waals surface area contributed by atoms with E-state index in [0.29, 0.717) is 24.5 Å². The molecule has 0 spiro atoms. The Balaban J connectivity index is 1.43. The first-order valence-electron chi connectivity index (χ1n) is 11.3. The molecule has 188 valence electrons. The number of nitrogens with one attached hydrogen (secondary N) is 1. The second kappa shape index (κ2) is 9.01. The molecule has 1 aromatic heterocycles. The molecule has 1 unspecified atom stereocenters. The number of ether oxygens (including phenoxy) is 1. The van der Waals surface area contributed by atoms with E-state index in [1.807, 2.05) is 0 Å². The molecule has 2 bridgehead atoms. The zero-order valence-corrected chi connectivity index (χ0v) is 19.2. The number of alkyl halides is 3. The number of nitrogens with zero attached hydrogens (tertiary/aromatic N) is 2. The van der Waals surface area contributed by atoms with Gasteiger partial charge in [0.2, 0.25) is 5.91 Å². The van der Waals surface area contributed by atoms with E-state index in [0.717, 1.165) is 30.8 Å². The van der Waals surface area contributed by atoms with Gasteiger partial charge in [-0.2, -0.15) is 13.2 Å². The number of anilines is 1. The number of amides is 2. The predicted molar refractivity (Wildman–Crippen MR) is 119 cm³/mol. The fourth-order valence-electron chi connectivity index (χ4n) is 4.85. The van der Waals surface area contributed by atoms with Gasteiger partial charge in [0.15, 0.2) is 5.60 Å². The number of primary amides is 1. The number of carbonyl (C=O) groups excluding carboxylic acids is 2. The first kappa shape index (κ1) is 24.7. The molecule has 3 atom stereocenters. The number of piperidine rings is 1.